The molecule has 2 unspecified atom stereocenters. The number of hydrogen-bond acceptors (Lipinski definition) is 6. The molecule has 0 spiro atoms. The second kappa shape index (κ2) is 8.11. The third kappa shape index (κ3) is 4.01. The highest BCUT2D eigenvalue weighted by molar-refractivity contribution is 8.02. The number of carbonyl (C=O) groups excluding carboxylic acids is 1. The summed E-state index contributed by atoms with van der Waals surface area (Å²) in [5.41, 5.74) is 2.76. The van der Waals surface area contributed by atoms with Gasteiger partial charge in [-0.15, -0.1) is 11.3 Å². The van der Waals surface area contributed by atoms with Crippen LogP contribution in [0.15, 0.2) is 61.9 Å². The SMILES string of the molecule is Cc1csc(SC(C)C(=O)N2N=C(c3ccc(Cl)cc3)CC2c2ccco2)n1. The van der Waals surface area contributed by atoms with Crippen LogP contribution in [0, 0.1) is 6.92 Å². The molecule has 1 amide bonds. The first-order valence-corrected chi connectivity index (χ1v) is 10.9. The number of nitrogens with zero attached hydrogens (tertiary/aromatic N) is 3. The van der Waals surface area contributed by atoms with E-state index in [1.54, 1.807) is 22.6 Å². The zero-order chi connectivity index (χ0) is 19.7. The van der Waals surface area contributed by atoms with Crippen LogP contribution in [0.1, 0.15) is 36.4 Å². The van der Waals surface area contributed by atoms with Crippen LogP contribution in [-0.2, 0) is 4.79 Å². The molecule has 0 saturated heterocycles. The molecule has 1 aliphatic heterocycles. The Bertz CT molecular complexity index is 999. The number of halogens is 1. The molecule has 0 aliphatic carbocycles. The first kappa shape index (κ1) is 19.2. The van der Waals surface area contributed by atoms with E-state index in [1.165, 1.54) is 11.8 Å². The third-order valence-electron chi connectivity index (χ3n) is 4.41. The van der Waals surface area contributed by atoms with Crippen molar-refractivity contribution in [2.75, 3.05) is 0 Å². The van der Waals surface area contributed by atoms with E-state index in [4.69, 9.17) is 16.0 Å². The second-order valence-corrected chi connectivity index (χ2v) is 9.37. The van der Waals surface area contributed by atoms with E-state index in [0.717, 1.165) is 27.1 Å². The molecule has 1 aliphatic rings. The fraction of sp³-hybridized carbons (Fsp3) is 0.250. The van der Waals surface area contributed by atoms with E-state index in [9.17, 15) is 4.79 Å². The number of aromatic nitrogens is 1. The molecule has 144 valence electrons. The highest BCUT2D eigenvalue weighted by Gasteiger charge is 2.37. The van der Waals surface area contributed by atoms with E-state index in [-0.39, 0.29) is 17.2 Å². The number of furan rings is 1. The van der Waals surface area contributed by atoms with Gasteiger partial charge in [-0.25, -0.2) is 9.99 Å². The summed E-state index contributed by atoms with van der Waals surface area (Å²) in [5.74, 6) is 0.659. The molecule has 0 N–H and O–H groups in total. The lowest BCUT2D eigenvalue weighted by molar-refractivity contribution is -0.132. The molecule has 5 nitrogen and oxygen atoms in total. The molecule has 8 heteroatoms. The molecule has 0 bridgehead atoms. The molecule has 0 saturated carbocycles. The predicted octanol–water partition coefficient (Wildman–Crippen LogP) is 5.56. The Labute approximate surface area is 176 Å². The minimum absolute atomic E-state index is 0.0665. The number of rotatable bonds is 5. The monoisotopic (exact) mass is 431 g/mol. The van der Waals surface area contributed by atoms with Gasteiger partial charge >= 0.3 is 0 Å². The number of hydrazone groups is 1. The summed E-state index contributed by atoms with van der Waals surface area (Å²) < 4.78 is 6.48. The van der Waals surface area contributed by atoms with Gasteiger partial charge in [0, 0.05) is 22.5 Å². The van der Waals surface area contributed by atoms with Crippen LogP contribution in [0.2, 0.25) is 5.02 Å². The first-order valence-electron chi connectivity index (χ1n) is 8.80. The van der Waals surface area contributed by atoms with Crippen LogP contribution in [0.25, 0.3) is 0 Å². The van der Waals surface area contributed by atoms with Crippen LogP contribution in [0.5, 0.6) is 0 Å². The first-order chi connectivity index (χ1) is 13.5. The van der Waals surface area contributed by atoms with Crippen LogP contribution < -0.4 is 0 Å². The Balaban J connectivity index is 1.60. The Morgan fingerprint density at radius 1 is 1.36 bits per heavy atom. The lowest BCUT2D eigenvalue weighted by Gasteiger charge is -2.22. The maximum absolute atomic E-state index is 13.2. The molecule has 4 rings (SSSR count). The van der Waals surface area contributed by atoms with Crippen molar-refractivity contribution in [2.24, 2.45) is 5.10 Å². The van der Waals surface area contributed by atoms with E-state index in [2.05, 4.69) is 10.1 Å². The quantitative estimate of drug-likeness (QED) is 0.496. The van der Waals surface area contributed by atoms with Crippen molar-refractivity contribution in [3.63, 3.8) is 0 Å². The van der Waals surface area contributed by atoms with E-state index in [1.807, 2.05) is 55.6 Å². The van der Waals surface area contributed by atoms with Gasteiger partial charge in [0.15, 0.2) is 4.34 Å². The summed E-state index contributed by atoms with van der Waals surface area (Å²) in [5, 5.41) is 8.56. The Kier molecular flexibility index (Phi) is 5.57. The molecule has 28 heavy (non-hydrogen) atoms. The molecule has 3 aromatic rings. The number of carbonyl (C=O) groups is 1. The standard InChI is InChI=1S/C20H18ClN3O2S2/c1-12-11-27-20(22-12)28-13(2)19(25)24-17(18-4-3-9-26-18)10-16(23-24)14-5-7-15(21)8-6-14/h3-9,11,13,17H,10H2,1-2H3. The highest BCUT2D eigenvalue weighted by atomic mass is 35.5. The number of thiazole rings is 1. The van der Waals surface area contributed by atoms with E-state index in [0.29, 0.717) is 11.4 Å². The average Bonchev–Trinajstić information content (AvgIpc) is 3.42. The molecule has 0 radical (unpaired) electrons. The molecule has 0 fully saturated rings. The van der Waals surface area contributed by atoms with Gasteiger partial charge in [-0.3, -0.25) is 4.79 Å². The highest BCUT2D eigenvalue weighted by Crippen LogP contribution is 2.36. The average molecular weight is 432 g/mol. The normalized spacial score (nSPS) is 17.6. The third-order valence-corrected chi connectivity index (χ3v) is 6.84. The van der Waals surface area contributed by atoms with Crippen molar-refractivity contribution in [1.82, 2.24) is 9.99 Å². The van der Waals surface area contributed by atoms with Crippen LogP contribution in [-0.4, -0.2) is 26.9 Å². The van der Waals surface area contributed by atoms with Gasteiger partial charge in [0.25, 0.3) is 5.91 Å². The number of thioether (sulfide) groups is 1. The Morgan fingerprint density at radius 3 is 2.79 bits per heavy atom. The molecular formula is C20H18ClN3O2S2. The largest absolute Gasteiger partial charge is 0.467 e. The maximum atomic E-state index is 13.2. The van der Waals surface area contributed by atoms with Gasteiger partial charge in [-0.2, -0.15) is 5.10 Å². The minimum Gasteiger partial charge on any atom is -0.467 e. The number of hydrogen-bond donors (Lipinski definition) is 0. The lowest BCUT2D eigenvalue weighted by Crippen LogP contribution is -2.33. The number of amides is 1. The zero-order valence-corrected chi connectivity index (χ0v) is 17.7. The molecule has 1 aromatic carbocycles. The van der Waals surface area contributed by atoms with Crippen LogP contribution >= 0.6 is 34.7 Å². The minimum atomic E-state index is -0.309. The van der Waals surface area contributed by atoms with E-state index >= 15 is 0 Å². The van der Waals surface area contributed by atoms with Crippen molar-refractivity contribution >= 4 is 46.3 Å². The van der Waals surface area contributed by atoms with Crippen molar-refractivity contribution < 1.29 is 9.21 Å². The molecule has 2 atom stereocenters. The fourth-order valence-corrected chi connectivity index (χ4v) is 5.16. The van der Waals surface area contributed by atoms with Crippen molar-refractivity contribution in [1.29, 1.82) is 0 Å². The Morgan fingerprint density at radius 2 is 2.14 bits per heavy atom. The summed E-state index contributed by atoms with van der Waals surface area (Å²) in [6.07, 6.45) is 2.21. The summed E-state index contributed by atoms with van der Waals surface area (Å²) in [6, 6.07) is 11.0. The fourth-order valence-electron chi connectivity index (χ4n) is 3.01. The predicted molar refractivity (Wildman–Crippen MR) is 113 cm³/mol. The molecule has 2 aromatic heterocycles. The van der Waals surface area contributed by atoms with Crippen molar-refractivity contribution in [2.45, 2.75) is 35.9 Å². The summed E-state index contributed by atoms with van der Waals surface area (Å²) in [6.45, 7) is 3.84. The lowest BCUT2D eigenvalue weighted by atomic mass is 10.0. The van der Waals surface area contributed by atoms with E-state index < -0.39 is 0 Å². The van der Waals surface area contributed by atoms with Crippen LogP contribution in [0.3, 0.4) is 0 Å². The van der Waals surface area contributed by atoms with Gasteiger partial charge in [-0.1, -0.05) is 35.5 Å². The number of aryl methyl sites for hydroxylation is 1. The van der Waals surface area contributed by atoms with Gasteiger partial charge in [0.2, 0.25) is 0 Å². The van der Waals surface area contributed by atoms with Gasteiger partial charge in [0.1, 0.15) is 11.8 Å². The smallest absolute Gasteiger partial charge is 0.256 e. The summed E-state index contributed by atoms with van der Waals surface area (Å²) in [7, 11) is 0. The van der Waals surface area contributed by atoms with Crippen molar-refractivity contribution in [3.05, 3.63) is 70.1 Å². The summed E-state index contributed by atoms with van der Waals surface area (Å²) in [4.78, 5) is 17.6. The molecule has 3 heterocycles. The van der Waals surface area contributed by atoms with Gasteiger partial charge < -0.3 is 4.42 Å². The Hall–Kier alpha value is -2.09. The van der Waals surface area contributed by atoms with Gasteiger partial charge in [-0.05, 0) is 43.7 Å². The topological polar surface area (TPSA) is 58.7 Å². The number of benzene rings is 1. The van der Waals surface area contributed by atoms with Crippen molar-refractivity contribution in [3.8, 4) is 0 Å². The van der Waals surface area contributed by atoms with Crippen LogP contribution in [0.4, 0.5) is 0 Å². The maximum Gasteiger partial charge on any atom is 0.256 e. The van der Waals surface area contributed by atoms with Gasteiger partial charge in [0.05, 0.1) is 17.2 Å². The zero-order valence-electron chi connectivity index (χ0n) is 15.3. The second-order valence-electron chi connectivity index (χ2n) is 6.49. The molecular weight excluding hydrogens is 414 g/mol. The summed E-state index contributed by atoms with van der Waals surface area (Å²) >= 11 is 9.01.